The van der Waals surface area contributed by atoms with Gasteiger partial charge in [-0.2, -0.15) is 0 Å². The molecule has 5 rings (SSSR count). The van der Waals surface area contributed by atoms with Gasteiger partial charge >= 0.3 is 5.97 Å². The van der Waals surface area contributed by atoms with E-state index >= 15 is 0 Å². The lowest BCUT2D eigenvalue weighted by Crippen LogP contribution is -2.33. The Bertz CT molecular complexity index is 1460. The zero-order valence-electron chi connectivity index (χ0n) is 18.6. The van der Waals surface area contributed by atoms with Crippen molar-refractivity contribution < 1.29 is 13.9 Å². The highest BCUT2D eigenvalue weighted by Gasteiger charge is 2.32. The predicted octanol–water partition coefficient (Wildman–Crippen LogP) is 4.97. The number of halogens is 1. The van der Waals surface area contributed by atoms with Crippen molar-refractivity contribution in [3.63, 3.8) is 0 Å². The number of hydrogen-bond acceptors (Lipinski definition) is 6. The zero-order chi connectivity index (χ0) is 23.7. The topological polar surface area (TPSA) is 76.5 Å². The monoisotopic (exact) mass is 452 g/mol. The van der Waals surface area contributed by atoms with Crippen molar-refractivity contribution in [1.82, 2.24) is 15.3 Å². The van der Waals surface area contributed by atoms with Gasteiger partial charge in [0.2, 0.25) is 0 Å². The highest BCUT2D eigenvalue weighted by Crippen LogP contribution is 2.37. The Morgan fingerprint density at radius 2 is 1.82 bits per heavy atom. The minimum absolute atomic E-state index is 0.0825. The van der Waals surface area contributed by atoms with Crippen molar-refractivity contribution in [1.29, 1.82) is 0 Å². The molecular formula is C27H21FN4O2. The number of hydrogen-bond donors (Lipinski definition) is 1. The van der Waals surface area contributed by atoms with Gasteiger partial charge in [-0.3, -0.25) is 9.98 Å². The maximum atomic E-state index is 14.5. The summed E-state index contributed by atoms with van der Waals surface area (Å²) in [5.41, 5.74) is 4.44. The minimum Gasteiger partial charge on any atom is -0.466 e. The summed E-state index contributed by atoms with van der Waals surface area (Å²) in [5.74, 6) is -0.770. The molecule has 0 saturated carbocycles. The van der Waals surface area contributed by atoms with Crippen LogP contribution in [0.25, 0.3) is 22.0 Å². The van der Waals surface area contributed by atoms with Crippen LogP contribution in [0, 0.1) is 5.82 Å². The quantitative estimate of drug-likeness (QED) is 0.442. The Labute approximate surface area is 195 Å². The highest BCUT2D eigenvalue weighted by atomic mass is 19.1. The number of esters is 1. The molecule has 1 atom stereocenters. The van der Waals surface area contributed by atoms with Gasteiger partial charge in [0.25, 0.3) is 0 Å². The van der Waals surface area contributed by atoms with E-state index in [1.54, 1.807) is 6.92 Å². The number of nitrogens with one attached hydrogen (secondary N) is 1. The fraction of sp³-hybridized carbons (Fsp3) is 0.111. The van der Waals surface area contributed by atoms with Gasteiger partial charge in [0.15, 0.2) is 11.7 Å². The zero-order valence-corrected chi connectivity index (χ0v) is 18.6. The van der Waals surface area contributed by atoms with Crippen molar-refractivity contribution in [2.45, 2.75) is 13.0 Å². The van der Waals surface area contributed by atoms with Gasteiger partial charge in [-0.25, -0.2) is 14.2 Å². The predicted molar refractivity (Wildman–Crippen MR) is 129 cm³/mol. The summed E-state index contributed by atoms with van der Waals surface area (Å²) in [6, 6.07) is 19.8. The molecule has 7 heteroatoms. The van der Waals surface area contributed by atoms with E-state index in [4.69, 9.17) is 9.73 Å². The second-order valence-electron chi connectivity index (χ2n) is 7.87. The number of ether oxygens (including phenoxy) is 1. The third-order valence-electron chi connectivity index (χ3n) is 5.79. The number of amidine groups is 1. The average Bonchev–Trinajstić information content (AvgIpc) is 2.88. The summed E-state index contributed by atoms with van der Waals surface area (Å²) in [6.45, 7) is 1.74. The molecule has 2 aromatic carbocycles. The number of fused-ring (bicyclic) bond motifs is 1. The minimum atomic E-state index is -0.735. The second kappa shape index (κ2) is 8.86. The maximum Gasteiger partial charge on any atom is 0.338 e. The average molecular weight is 452 g/mol. The number of carbonyl (C=O) groups excluding carboxylic acids is 1. The van der Waals surface area contributed by atoms with E-state index in [0.29, 0.717) is 11.3 Å². The van der Waals surface area contributed by atoms with Gasteiger partial charge in [-0.15, -0.1) is 0 Å². The Morgan fingerprint density at radius 3 is 2.59 bits per heavy atom. The number of allylic oxidation sites excluding steroid dienone is 1. The van der Waals surface area contributed by atoms with E-state index in [1.165, 1.54) is 25.4 Å². The van der Waals surface area contributed by atoms with E-state index in [0.717, 1.165) is 27.6 Å². The molecule has 34 heavy (non-hydrogen) atoms. The lowest BCUT2D eigenvalue weighted by molar-refractivity contribution is -0.136. The summed E-state index contributed by atoms with van der Waals surface area (Å²) in [7, 11) is 1.33. The maximum absolute atomic E-state index is 14.5. The normalized spacial score (nSPS) is 15.6. The molecule has 3 heterocycles. The van der Waals surface area contributed by atoms with E-state index in [-0.39, 0.29) is 11.5 Å². The van der Waals surface area contributed by atoms with Crippen LogP contribution in [0.4, 0.5) is 4.39 Å². The van der Waals surface area contributed by atoms with Gasteiger partial charge in [0.1, 0.15) is 11.7 Å². The van der Waals surface area contributed by atoms with E-state index in [2.05, 4.69) is 15.3 Å². The number of pyridine rings is 2. The standard InChI is InChI=1S/C27H21FN4O2/c1-16-23(27(33)34-2)24(32-26(31-16)25-21(28)11-7-13-29-25)19-10-6-12-22-20(19)14-18(15-30-22)17-8-4-3-5-9-17/h3-15,24H,1-2H3,(H,31,32). The van der Waals surface area contributed by atoms with E-state index in [1.807, 2.05) is 60.8 Å². The Morgan fingerprint density at radius 1 is 1.00 bits per heavy atom. The number of rotatable bonds is 4. The number of benzene rings is 2. The summed E-state index contributed by atoms with van der Waals surface area (Å²) in [5, 5.41) is 3.88. The van der Waals surface area contributed by atoms with E-state index < -0.39 is 17.8 Å². The molecule has 168 valence electrons. The molecule has 1 unspecified atom stereocenters. The summed E-state index contributed by atoms with van der Waals surface area (Å²) < 4.78 is 19.6. The Hall–Kier alpha value is -4.39. The van der Waals surface area contributed by atoms with Gasteiger partial charge in [-0.05, 0) is 42.3 Å². The molecule has 1 aliphatic rings. The molecular weight excluding hydrogens is 431 g/mol. The molecule has 4 aromatic rings. The second-order valence-corrected chi connectivity index (χ2v) is 7.87. The van der Waals surface area contributed by atoms with Gasteiger partial charge in [-0.1, -0.05) is 42.5 Å². The largest absolute Gasteiger partial charge is 0.466 e. The number of methoxy groups -OCH3 is 1. The highest BCUT2D eigenvalue weighted by molar-refractivity contribution is 6.03. The van der Waals surface area contributed by atoms with Crippen LogP contribution in [0.15, 0.2) is 95.4 Å². The lowest BCUT2D eigenvalue weighted by atomic mass is 9.92. The molecule has 0 aliphatic carbocycles. The first-order valence-electron chi connectivity index (χ1n) is 10.8. The SMILES string of the molecule is COC(=O)C1=C(C)NC(c2ncccc2F)=NC1c1cccc2ncc(-c3ccccc3)cc12. The molecule has 2 aromatic heterocycles. The smallest absolute Gasteiger partial charge is 0.338 e. The number of aliphatic imine (C=N–C) groups is 1. The third kappa shape index (κ3) is 3.81. The Balaban J connectivity index is 1.72. The van der Waals surface area contributed by atoms with Gasteiger partial charge < -0.3 is 10.1 Å². The van der Waals surface area contributed by atoms with Crippen LogP contribution in [-0.4, -0.2) is 28.9 Å². The first-order chi connectivity index (χ1) is 16.6. The lowest BCUT2D eigenvalue weighted by Gasteiger charge is -2.26. The molecule has 0 amide bonds. The molecule has 1 aliphatic heterocycles. The van der Waals surface area contributed by atoms with Crippen LogP contribution in [0.3, 0.4) is 0 Å². The third-order valence-corrected chi connectivity index (χ3v) is 5.79. The molecule has 1 N–H and O–H groups in total. The number of nitrogens with zero attached hydrogens (tertiary/aromatic N) is 3. The number of carbonyl (C=O) groups is 1. The molecule has 0 spiro atoms. The molecule has 0 saturated heterocycles. The van der Waals surface area contributed by atoms with E-state index in [9.17, 15) is 9.18 Å². The van der Waals surface area contributed by atoms with Crippen LogP contribution in [0.2, 0.25) is 0 Å². The van der Waals surface area contributed by atoms with Crippen molar-refractivity contribution in [2.75, 3.05) is 7.11 Å². The van der Waals surface area contributed by atoms with Gasteiger partial charge in [0.05, 0.1) is 18.2 Å². The number of aromatic nitrogens is 2. The summed E-state index contributed by atoms with van der Waals surface area (Å²) in [6.07, 6.45) is 3.32. The Kier molecular flexibility index (Phi) is 5.59. The molecule has 0 radical (unpaired) electrons. The van der Waals surface area contributed by atoms with Crippen LogP contribution in [0.1, 0.15) is 24.2 Å². The van der Waals surface area contributed by atoms with Gasteiger partial charge in [0, 0.05) is 29.0 Å². The molecule has 0 bridgehead atoms. The van der Waals surface area contributed by atoms with Crippen LogP contribution in [-0.2, 0) is 9.53 Å². The summed E-state index contributed by atoms with van der Waals surface area (Å²) in [4.78, 5) is 26.4. The fourth-order valence-corrected chi connectivity index (χ4v) is 4.15. The van der Waals surface area contributed by atoms with Crippen LogP contribution < -0.4 is 5.32 Å². The van der Waals surface area contributed by atoms with Crippen LogP contribution >= 0.6 is 0 Å². The first-order valence-corrected chi connectivity index (χ1v) is 10.8. The van der Waals surface area contributed by atoms with Crippen LogP contribution in [0.5, 0.6) is 0 Å². The van der Waals surface area contributed by atoms with Crippen molar-refractivity contribution in [3.05, 3.63) is 107 Å². The molecule has 6 nitrogen and oxygen atoms in total. The fourth-order valence-electron chi connectivity index (χ4n) is 4.15. The first kappa shape index (κ1) is 21.5. The summed E-state index contributed by atoms with van der Waals surface area (Å²) >= 11 is 0. The van der Waals surface area contributed by atoms with Crippen molar-refractivity contribution in [2.24, 2.45) is 4.99 Å². The molecule has 0 fully saturated rings. The van der Waals surface area contributed by atoms with Crippen molar-refractivity contribution in [3.8, 4) is 11.1 Å². The van der Waals surface area contributed by atoms with Crippen molar-refractivity contribution >= 4 is 22.7 Å².